The summed E-state index contributed by atoms with van der Waals surface area (Å²) in [5.41, 5.74) is 0.383. The number of alkyl halides is 2. The van der Waals surface area contributed by atoms with Crippen molar-refractivity contribution in [2.45, 2.75) is 51.8 Å². The molecule has 2 heterocycles. The summed E-state index contributed by atoms with van der Waals surface area (Å²) in [4.78, 5) is 19.0. The van der Waals surface area contributed by atoms with Crippen LogP contribution in [0.4, 0.5) is 8.78 Å². The van der Waals surface area contributed by atoms with Gasteiger partial charge in [0.2, 0.25) is 0 Å². The summed E-state index contributed by atoms with van der Waals surface area (Å²) in [6.07, 6.45) is 7.55. The summed E-state index contributed by atoms with van der Waals surface area (Å²) in [7, 11) is 0. The quantitative estimate of drug-likeness (QED) is 0.783. The van der Waals surface area contributed by atoms with Gasteiger partial charge in [0.1, 0.15) is 11.6 Å². The molecule has 5 nitrogen and oxygen atoms in total. The van der Waals surface area contributed by atoms with E-state index < -0.39 is 6.61 Å². The maximum Gasteiger partial charge on any atom is 0.387 e. The number of aromatic nitrogens is 2. The molecule has 140 valence electrons. The minimum absolute atomic E-state index is 0.00782. The molecular formula is C19H23F2N3O2. The normalized spacial score (nSPS) is 17.5. The van der Waals surface area contributed by atoms with Gasteiger partial charge in [0.15, 0.2) is 0 Å². The van der Waals surface area contributed by atoms with Crippen molar-refractivity contribution in [3.8, 4) is 5.75 Å². The van der Waals surface area contributed by atoms with E-state index in [4.69, 9.17) is 0 Å². The van der Waals surface area contributed by atoms with Gasteiger partial charge < -0.3 is 14.2 Å². The fourth-order valence-electron chi connectivity index (χ4n) is 3.47. The molecule has 2 aromatic rings. The highest BCUT2D eigenvalue weighted by Crippen LogP contribution is 2.24. The minimum atomic E-state index is -2.90. The fourth-order valence-corrected chi connectivity index (χ4v) is 3.47. The Labute approximate surface area is 151 Å². The smallest absolute Gasteiger partial charge is 0.387 e. The number of hydrogen-bond donors (Lipinski definition) is 0. The van der Waals surface area contributed by atoms with Gasteiger partial charge in [0.05, 0.1) is 0 Å². The Hall–Kier alpha value is -2.44. The minimum Gasteiger partial charge on any atom is -0.435 e. The lowest BCUT2D eigenvalue weighted by molar-refractivity contribution is -0.0499. The third-order valence-electron chi connectivity index (χ3n) is 4.82. The zero-order chi connectivity index (χ0) is 18.5. The van der Waals surface area contributed by atoms with Crippen molar-refractivity contribution >= 4 is 5.91 Å². The van der Waals surface area contributed by atoms with Crippen molar-refractivity contribution in [1.82, 2.24) is 14.5 Å². The highest BCUT2D eigenvalue weighted by atomic mass is 19.3. The Bertz CT molecular complexity index is 748. The average molecular weight is 363 g/mol. The Balaban J connectivity index is 1.70. The molecule has 1 atom stereocenters. The number of rotatable bonds is 6. The largest absolute Gasteiger partial charge is 0.435 e. The first-order chi connectivity index (χ1) is 12.5. The van der Waals surface area contributed by atoms with E-state index in [1.165, 1.54) is 12.1 Å². The van der Waals surface area contributed by atoms with Crippen molar-refractivity contribution in [2.75, 3.05) is 6.54 Å². The summed E-state index contributed by atoms with van der Waals surface area (Å²) in [5, 5.41) is 0. The van der Waals surface area contributed by atoms with Gasteiger partial charge in [-0.05, 0) is 50.8 Å². The first-order valence-corrected chi connectivity index (χ1v) is 8.88. The van der Waals surface area contributed by atoms with Gasteiger partial charge in [-0.1, -0.05) is 6.07 Å². The summed E-state index contributed by atoms with van der Waals surface area (Å²) in [5.74, 6) is 0.834. The molecule has 0 bridgehead atoms. The number of carbonyl (C=O) groups excluding carboxylic acids is 1. The zero-order valence-corrected chi connectivity index (χ0v) is 14.8. The molecule has 1 saturated heterocycles. The summed E-state index contributed by atoms with van der Waals surface area (Å²) < 4.78 is 31.3. The van der Waals surface area contributed by atoms with E-state index in [1.807, 2.05) is 18.0 Å². The molecule has 0 N–H and O–H groups in total. The maximum atomic E-state index is 12.9. The molecule has 1 aromatic carbocycles. The Morgan fingerprint density at radius 1 is 1.38 bits per heavy atom. The van der Waals surface area contributed by atoms with Crippen LogP contribution in [-0.4, -0.2) is 39.6 Å². The zero-order valence-electron chi connectivity index (χ0n) is 14.8. The summed E-state index contributed by atoms with van der Waals surface area (Å²) in [6, 6.07) is 6.17. The molecule has 26 heavy (non-hydrogen) atoms. The van der Waals surface area contributed by atoms with E-state index in [-0.39, 0.29) is 17.7 Å². The van der Waals surface area contributed by atoms with Crippen LogP contribution in [0, 0.1) is 6.92 Å². The molecule has 3 rings (SSSR count). The summed E-state index contributed by atoms with van der Waals surface area (Å²) >= 11 is 0. The molecular weight excluding hydrogens is 340 g/mol. The second-order valence-electron chi connectivity index (χ2n) is 6.51. The highest BCUT2D eigenvalue weighted by molar-refractivity contribution is 5.94. The molecule has 0 radical (unpaired) electrons. The molecule has 1 aromatic heterocycles. The number of imidazole rings is 1. The van der Waals surface area contributed by atoms with Crippen molar-refractivity contribution < 1.29 is 18.3 Å². The molecule has 1 amide bonds. The van der Waals surface area contributed by atoms with E-state index in [9.17, 15) is 13.6 Å². The number of ether oxygens (including phenoxy) is 1. The van der Waals surface area contributed by atoms with Gasteiger partial charge in [0.25, 0.3) is 5.91 Å². The van der Waals surface area contributed by atoms with Crippen LogP contribution in [0.3, 0.4) is 0 Å². The lowest BCUT2D eigenvalue weighted by atomic mass is 9.98. The molecule has 1 aliphatic heterocycles. The van der Waals surface area contributed by atoms with E-state index in [1.54, 1.807) is 18.3 Å². The number of nitrogens with zero attached hydrogens (tertiary/aromatic N) is 3. The Kier molecular flexibility index (Phi) is 5.85. The standard InChI is InChI=1S/C19H23F2N3O2/c1-14-22-9-12-23(14)11-8-16-6-2-3-10-24(16)18(25)15-5-4-7-17(13-15)26-19(20)21/h4-5,7,9,12-13,16,19H,2-3,6,8,10-11H2,1H3/t16-/m0/s1. The number of aryl methyl sites for hydroxylation is 2. The van der Waals surface area contributed by atoms with Gasteiger partial charge in [-0.15, -0.1) is 0 Å². The van der Waals surface area contributed by atoms with Crippen LogP contribution in [0.1, 0.15) is 41.9 Å². The molecule has 1 fully saturated rings. The second-order valence-corrected chi connectivity index (χ2v) is 6.51. The van der Waals surface area contributed by atoms with Gasteiger partial charge in [0, 0.05) is 37.1 Å². The van der Waals surface area contributed by atoms with Crippen molar-refractivity contribution in [3.05, 3.63) is 48.0 Å². The maximum absolute atomic E-state index is 12.9. The number of benzene rings is 1. The number of amides is 1. The van der Waals surface area contributed by atoms with Crippen LogP contribution in [0.2, 0.25) is 0 Å². The molecule has 0 aliphatic carbocycles. The van der Waals surface area contributed by atoms with E-state index >= 15 is 0 Å². The van der Waals surface area contributed by atoms with Gasteiger partial charge in [-0.3, -0.25) is 4.79 Å². The molecule has 0 spiro atoms. The lowest BCUT2D eigenvalue weighted by Gasteiger charge is -2.36. The Morgan fingerprint density at radius 2 is 2.23 bits per heavy atom. The van der Waals surface area contributed by atoms with Gasteiger partial charge in [-0.2, -0.15) is 8.78 Å². The van der Waals surface area contributed by atoms with Crippen LogP contribution < -0.4 is 4.74 Å². The predicted molar refractivity (Wildman–Crippen MR) is 93.3 cm³/mol. The topological polar surface area (TPSA) is 47.4 Å². The molecule has 0 saturated carbocycles. The number of halogens is 2. The number of carbonyl (C=O) groups is 1. The third kappa shape index (κ3) is 4.39. The van der Waals surface area contributed by atoms with Crippen LogP contribution in [-0.2, 0) is 6.54 Å². The lowest BCUT2D eigenvalue weighted by Crippen LogP contribution is -2.44. The summed E-state index contributed by atoms with van der Waals surface area (Å²) in [6.45, 7) is 0.543. The van der Waals surface area contributed by atoms with E-state index in [2.05, 4.69) is 14.3 Å². The first-order valence-electron chi connectivity index (χ1n) is 8.88. The van der Waals surface area contributed by atoms with E-state index in [0.29, 0.717) is 12.1 Å². The van der Waals surface area contributed by atoms with Crippen LogP contribution in [0.5, 0.6) is 5.75 Å². The fraction of sp³-hybridized carbons (Fsp3) is 0.474. The monoisotopic (exact) mass is 363 g/mol. The number of piperidine rings is 1. The van der Waals surface area contributed by atoms with Crippen molar-refractivity contribution in [2.24, 2.45) is 0 Å². The molecule has 7 heteroatoms. The van der Waals surface area contributed by atoms with Crippen molar-refractivity contribution in [1.29, 1.82) is 0 Å². The third-order valence-corrected chi connectivity index (χ3v) is 4.82. The molecule has 1 aliphatic rings. The highest BCUT2D eigenvalue weighted by Gasteiger charge is 2.27. The predicted octanol–water partition coefficient (Wildman–Crippen LogP) is 3.88. The number of hydrogen-bond acceptors (Lipinski definition) is 3. The number of likely N-dealkylation sites (tertiary alicyclic amines) is 1. The SMILES string of the molecule is Cc1nccn1CC[C@@H]1CCCCN1C(=O)c1cccc(OC(F)F)c1. The van der Waals surface area contributed by atoms with Crippen molar-refractivity contribution in [3.63, 3.8) is 0 Å². The molecule has 0 unspecified atom stereocenters. The second kappa shape index (κ2) is 8.29. The van der Waals surface area contributed by atoms with Crippen LogP contribution >= 0.6 is 0 Å². The first kappa shape index (κ1) is 18.4. The van der Waals surface area contributed by atoms with Gasteiger partial charge in [-0.25, -0.2) is 4.98 Å². The van der Waals surface area contributed by atoms with Gasteiger partial charge >= 0.3 is 6.61 Å². The van der Waals surface area contributed by atoms with E-state index in [0.717, 1.165) is 38.1 Å². The Morgan fingerprint density at radius 3 is 2.96 bits per heavy atom. The van der Waals surface area contributed by atoms with Crippen LogP contribution in [0.15, 0.2) is 36.7 Å². The average Bonchev–Trinajstić information content (AvgIpc) is 3.04. The van der Waals surface area contributed by atoms with Crippen LogP contribution in [0.25, 0.3) is 0 Å².